The van der Waals surface area contributed by atoms with Crippen molar-refractivity contribution in [3.8, 4) is 0 Å². The van der Waals surface area contributed by atoms with Gasteiger partial charge < -0.3 is 5.32 Å². The maximum Gasteiger partial charge on any atom is 0.253 e. The minimum absolute atomic E-state index is 0.166. The van der Waals surface area contributed by atoms with E-state index in [-0.39, 0.29) is 11.9 Å². The number of hydrogen-bond acceptors (Lipinski definition) is 1. The molecule has 0 bridgehead atoms. The van der Waals surface area contributed by atoms with Gasteiger partial charge in [-0.15, -0.1) is 0 Å². The zero-order chi connectivity index (χ0) is 14.1. The standard InChI is InChI=1S/C16H13Cl2NO/c17-13-8-4-7-11(15(13)18)16(20)19-14-9-12(14)10-5-2-1-3-6-10/h1-8,12,14H,9H2,(H,19,20). The second kappa shape index (κ2) is 5.47. The molecule has 102 valence electrons. The second-order valence-corrected chi connectivity index (χ2v) is 5.72. The highest BCUT2D eigenvalue weighted by Gasteiger charge is 2.39. The van der Waals surface area contributed by atoms with Crippen molar-refractivity contribution >= 4 is 29.1 Å². The minimum atomic E-state index is -0.166. The van der Waals surface area contributed by atoms with Crippen molar-refractivity contribution in [2.24, 2.45) is 0 Å². The molecule has 20 heavy (non-hydrogen) atoms. The molecule has 1 N–H and O–H groups in total. The summed E-state index contributed by atoms with van der Waals surface area (Å²) >= 11 is 12.0. The molecule has 1 fully saturated rings. The Morgan fingerprint density at radius 1 is 1.05 bits per heavy atom. The number of carbonyl (C=O) groups is 1. The highest BCUT2D eigenvalue weighted by molar-refractivity contribution is 6.43. The Kier molecular flexibility index (Phi) is 3.68. The zero-order valence-electron chi connectivity index (χ0n) is 10.6. The highest BCUT2D eigenvalue weighted by atomic mass is 35.5. The van der Waals surface area contributed by atoms with Crippen molar-refractivity contribution in [1.82, 2.24) is 5.32 Å². The fourth-order valence-electron chi connectivity index (χ4n) is 2.35. The van der Waals surface area contributed by atoms with Crippen LogP contribution in [-0.4, -0.2) is 11.9 Å². The highest BCUT2D eigenvalue weighted by Crippen LogP contribution is 2.41. The van der Waals surface area contributed by atoms with Gasteiger partial charge in [0.25, 0.3) is 5.91 Å². The lowest BCUT2D eigenvalue weighted by molar-refractivity contribution is 0.0950. The maximum atomic E-state index is 12.2. The molecule has 0 heterocycles. The number of rotatable bonds is 3. The van der Waals surface area contributed by atoms with Crippen molar-refractivity contribution in [2.45, 2.75) is 18.4 Å². The van der Waals surface area contributed by atoms with Crippen LogP contribution in [0.1, 0.15) is 28.3 Å². The summed E-state index contributed by atoms with van der Waals surface area (Å²) in [5.74, 6) is 0.235. The van der Waals surface area contributed by atoms with Gasteiger partial charge in [0.15, 0.2) is 0 Å². The lowest BCUT2D eigenvalue weighted by atomic mass is 10.1. The van der Waals surface area contributed by atoms with E-state index in [1.165, 1.54) is 5.56 Å². The van der Waals surface area contributed by atoms with Gasteiger partial charge in [-0.1, -0.05) is 59.6 Å². The van der Waals surface area contributed by atoms with Crippen LogP contribution < -0.4 is 5.32 Å². The summed E-state index contributed by atoms with van der Waals surface area (Å²) in [4.78, 5) is 12.2. The van der Waals surface area contributed by atoms with Gasteiger partial charge in [0.1, 0.15) is 0 Å². The van der Waals surface area contributed by atoms with Gasteiger partial charge in [0.05, 0.1) is 15.6 Å². The number of amides is 1. The average Bonchev–Trinajstić information content (AvgIpc) is 3.22. The molecule has 2 atom stereocenters. The lowest BCUT2D eigenvalue weighted by Crippen LogP contribution is -2.26. The van der Waals surface area contributed by atoms with E-state index >= 15 is 0 Å². The Labute approximate surface area is 127 Å². The molecule has 2 aromatic carbocycles. The quantitative estimate of drug-likeness (QED) is 0.901. The van der Waals surface area contributed by atoms with E-state index in [0.717, 1.165) is 6.42 Å². The van der Waals surface area contributed by atoms with E-state index in [4.69, 9.17) is 23.2 Å². The summed E-state index contributed by atoms with van der Waals surface area (Å²) in [6.07, 6.45) is 0.966. The molecule has 0 spiro atoms. The van der Waals surface area contributed by atoms with Crippen molar-refractivity contribution in [3.05, 3.63) is 69.7 Å². The average molecular weight is 306 g/mol. The Hall–Kier alpha value is -1.51. The third-order valence-electron chi connectivity index (χ3n) is 3.53. The van der Waals surface area contributed by atoms with Crippen LogP contribution in [0.2, 0.25) is 10.0 Å². The molecule has 2 nitrogen and oxygen atoms in total. The molecule has 1 aliphatic carbocycles. The topological polar surface area (TPSA) is 29.1 Å². The molecular formula is C16H13Cl2NO. The predicted octanol–water partition coefficient (Wildman–Crippen LogP) is 4.28. The first kappa shape index (κ1) is 13.5. The summed E-state index contributed by atoms with van der Waals surface area (Å²) in [7, 11) is 0. The number of benzene rings is 2. The van der Waals surface area contributed by atoms with Crippen LogP contribution in [0.15, 0.2) is 48.5 Å². The van der Waals surface area contributed by atoms with Crippen LogP contribution in [0.5, 0.6) is 0 Å². The molecule has 0 radical (unpaired) electrons. The minimum Gasteiger partial charge on any atom is -0.349 e. The summed E-state index contributed by atoms with van der Waals surface area (Å²) in [6, 6.07) is 15.5. The van der Waals surface area contributed by atoms with Gasteiger partial charge in [-0.25, -0.2) is 0 Å². The molecule has 4 heteroatoms. The van der Waals surface area contributed by atoms with Gasteiger partial charge in [0, 0.05) is 12.0 Å². The first-order valence-corrected chi connectivity index (χ1v) is 7.22. The summed E-state index contributed by atoms with van der Waals surface area (Å²) in [6.45, 7) is 0. The third kappa shape index (κ3) is 2.67. The van der Waals surface area contributed by atoms with Crippen LogP contribution in [0.25, 0.3) is 0 Å². The molecule has 1 saturated carbocycles. The van der Waals surface area contributed by atoms with Crippen LogP contribution >= 0.6 is 23.2 Å². The second-order valence-electron chi connectivity index (χ2n) is 4.93. The molecule has 1 amide bonds. The van der Waals surface area contributed by atoms with E-state index in [9.17, 15) is 4.79 Å². The summed E-state index contributed by atoms with van der Waals surface area (Å²) in [5, 5.41) is 3.71. The summed E-state index contributed by atoms with van der Waals surface area (Å²) < 4.78 is 0. The smallest absolute Gasteiger partial charge is 0.253 e. The van der Waals surface area contributed by atoms with Crippen molar-refractivity contribution < 1.29 is 4.79 Å². The number of hydrogen-bond donors (Lipinski definition) is 1. The fourth-order valence-corrected chi connectivity index (χ4v) is 2.73. The monoisotopic (exact) mass is 305 g/mol. The maximum absolute atomic E-state index is 12.2. The molecule has 2 aromatic rings. The Bertz CT molecular complexity index is 642. The first-order valence-electron chi connectivity index (χ1n) is 6.46. The summed E-state index contributed by atoms with van der Waals surface area (Å²) in [5.41, 5.74) is 1.69. The molecular weight excluding hydrogens is 293 g/mol. The third-order valence-corrected chi connectivity index (χ3v) is 4.35. The van der Waals surface area contributed by atoms with Crippen molar-refractivity contribution in [1.29, 1.82) is 0 Å². The van der Waals surface area contributed by atoms with Gasteiger partial charge in [-0.3, -0.25) is 4.79 Å². The Morgan fingerprint density at radius 3 is 2.55 bits per heavy atom. The van der Waals surface area contributed by atoms with Gasteiger partial charge >= 0.3 is 0 Å². The van der Waals surface area contributed by atoms with Gasteiger partial charge in [-0.05, 0) is 24.1 Å². The van der Waals surface area contributed by atoms with Crippen LogP contribution in [0.4, 0.5) is 0 Å². The lowest BCUT2D eigenvalue weighted by Gasteiger charge is -2.07. The van der Waals surface area contributed by atoms with E-state index in [2.05, 4.69) is 17.4 Å². The van der Waals surface area contributed by atoms with E-state index < -0.39 is 0 Å². The SMILES string of the molecule is O=C(NC1CC1c1ccccc1)c1cccc(Cl)c1Cl. The Morgan fingerprint density at radius 2 is 1.80 bits per heavy atom. The van der Waals surface area contributed by atoms with Crippen LogP contribution in [-0.2, 0) is 0 Å². The predicted molar refractivity (Wildman–Crippen MR) is 81.5 cm³/mol. The van der Waals surface area contributed by atoms with Gasteiger partial charge in [-0.2, -0.15) is 0 Å². The molecule has 3 rings (SSSR count). The van der Waals surface area contributed by atoms with Crippen molar-refractivity contribution in [3.63, 3.8) is 0 Å². The number of carbonyl (C=O) groups excluding carboxylic acids is 1. The number of nitrogens with one attached hydrogen (secondary N) is 1. The zero-order valence-corrected chi connectivity index (χ0v) is 12.2. The van der Waals surface area contributed by atoms with E-state index in [0.29, 0.717) is 21.5 Å². The molecule has 0 aliphatic heterocycles. The normalized spacial score (nSPS) is 20.5. The largest absolute Gasteiger partial charge is 0.349 e. The fraction of sp³-hybridized carbons (Fsp3) is 0.188. The number of halogens is 2. The van der Waals surface area contributed by atoms with Crippen LogP contribution in [0, 0.1) is 0 Å². The van der Waals surface area contributed by atoms with Gasteiger partial charge in [0.2, 0.25) is 0 Å². The first-order chi connectivity index (χ1) is 9.66. The van der Waals surface area contributed by atoms with Crippen molar-refractivity contribution in [2.75, 3.05) is 0 Å². The molecule has 0 aromatic heterocycles. The van der Waals surface area contributed by atoms with E-state index in [1.54, 1.807) is 18.2 Å². The van der Waals surface area contributed by atoms with Crippen LogP contribution in [0.3, 0.4) is 0 Å². The molecule has 1 aliphatic rings. The molecule has 0 saturated heterocycles. The van der Waals surface area contributed by atoms with E-state index in [1.807, 2.05) is 18.2 Å². The molecule has 2 unspecified atom stereocenters. The Balaban J connectivity index is 1.68.